The zero-order chi connectivity index (χ0) is 11.4. The summed E-state index contributed by atoms with van der Waals surface area (Å²) in [5.74, 6) is 0.234. The van der Waals surface area contributed by atoms with Crippen molar-refractivity contribution in [2.45, 2.75) is 44.1 Å². The first-order chi connectivity index (χ1) is 7.68. The maximum atomic E-state index is 11.9. The molecule has 0 aliphatic heterocycles. The van der Waals surface area contributed by atoms with Crippen LogP contribution in [-0.2, 0) is 11.2 Å². The normalized spacial score (nSPS) is 18.6. The van der Waals surface area contributed by atoms with Gasteiger partial charge in [0.25, 0.3) is 0 Å². The molecule has 2 rings (SSSR count). The van der Waals surface area contributed by atoms with Gasteiger partial charge in [-0.3, -0.25) is 9.78 Å². The number of Topliss-reactive ketones (excluding diaryl/α,β-unsaturated/α-hetero) is 1. The van der Waals surface area contributed by atoms with Crippen molar-refractivity contribution in [3.8, 4) is 0 Å². The Hall–Kier alpha value is -1.22. The van der Waals surface area contributed by atoms with Crippen LogP contribution in [0.2, 0.25) is 0 Å². The number of ketones is 1. The number of rotatable bonds is 4. The third kappa shape index (κ3) is 2.89. The lowest BCUT2D eigenvalue weighted by Gasteiger charge is -2.22. The molecular formula is C13H18N2O. The fourth-order valence-electron chi connectivity index (χ4n) is 2.44. The van der Waals surface area contributed by atoms with Gasteiger partial charge in [0, 0.05) is 30.8 Å². The van der Waals surface area contributed by atoms with Crippen LogP contribution in [0, 0.1) is 0 Å². The van der Waals surface area contributed by atoms with Crippen molar-refractivity contribution in [2.75, 3.05) is 0 Å². The van der Waals surface area contributed by atoms with Crippen LogP contribution in [0.5, 0.6) is 0 Å². The summed E-state index contributed by atoms with van der Waals surface area (Å²) in [6.45, 7) is 0. The van der Waals surface area contributed by atoms with E-state index in [9.17, 15) is 4.79 Å². The van der Waals surface area contributed by atoms with Crippen molar-refractivity contribution in [1.29, 1.82) is 0 Å². The van der Waals surface area contributed by atoms with Crippen LogP contribution in [-0.4, -0.2) is 16.3 Å². The molecule has 16 heavy (non-hydrogen) atoms. The molecule has 0 bridgehead atoms. The lowest BCUT2D eigenvalue weighted by molar-refractivity contribution is -0.119. The van der Waals surface area contributed by atoms with Gasteiger partial charge < -0.3 is 5.73 Å². The Balaban J connectivity index is 1.89. The first kappa shape index (κ1) is 11.3. The highest BCUT2D eigenvalue weighted by Gasteiger charge is 2.31. The quantitative estimate of drug-likeness (QED) is 0.839. The molecule has 3 heteroatoms. The highest BCUT2D eigenvalue weighted by Crippen LogP contribution is 2.30. The average molecular weight is 218 g/mol. The lowest BCUT2D eigenvalue weighted by atomic mass is 9.90. The summed E-state index contributed by atoms with van der Waals surface area (Å²) < 4.78 is 0. The molecule has 3 nitrogen and oxygen atoms in total. The van der Waals surface area contributed by atoms with Gasteiger partial charge in [-0.05, 0) is 24.5 Å². The molecule has 0 aromatic carbocycles. The summed E-state index contributed by atoms with van der Waals surface area (Å²) in [4.78, 5) is 15.9. The van der Waals surface area contributed by atoms with Crippen LogP contribution in [0.4, 0.5) is 0 Å². The Morgan fingerprint density at radius 2 is 2.19 bits per heavy atom. The van der Waals surface area contributed by atoms with E-state index in [1.54, 1.807) is 12.4 Å². The minimum atomic E-state index is -0.223. The fraction of sp³-hybridized carbons (Fsp3) is 0.538. The van der Waals surface area contributed by atoms with E-state index in [4.69, 9.17) is 5.73 Å². The Bertz CT molecular complexity index is 355. The Labute approximate surface area is 96.1 Å². The second-order valence-corrected chi connectivity index (χ2v) is 4.82. The van der Waals surface area contributed by atoms with E-state index < -0.39 is 0 Å². The van der Waals surface area contributed by atoms with Gasteiger partial charge in [-0.15, -0.1) is 0 Å². The summed E-state index contributed by atoms with van der Waals surface area (Å²) >= 11 is 0. The topological polar surface area (TPSA) is 56.0 Å². The molecule has 86 valence electrons. The van der Waals surface area contributed by atoms with E-state index in [0.29, 0.717) is 12.8 Å². The second-order valence-electron chi connectivity index (χ2n) is 4.82. The Morgan fingerprint density at radius 1 is 1.44 bits per heavy atom. The SMILES string of the molecule is NC1(CC(=O)Cc2cccnc2)CCCC1. The number of aromatic nitrogens is 1. The molecule has 1 aromatic heterocycles. The van der Waals surface area contributed by atoms with Gasteiger partial charge in [-0.25, -0.2) is 0 Å². The molecule has 0 saturated heterocycles. The second kappa shape index (κ2) is 4.74. The van der Waals surface area contributed by atoms with Crippen molar-refractivity contribution in [3.63, 3.8) is 0 Å². The van der Waals surface area contributed by atoms with Gasteiger partial charge in [-0.2, -0.15) is 0 Å². The first-order valence-electron chi connectivity index (χ1n) is 5.87. The molecule has 1 aliphatic rings. The molecule has 0 amide bonds. The predicted octanol–water partition coefficient (Wildman–Crippen LogP) is 1.85. The summed E-state index contributed by atoms with van der Waals surface area (Å²) in [5.41, 5.74) is 6.93. The molecule has 1 aromatic rings. The van der Waals surface area contributed by atoms with Gasteiger partial charge in [0.15, 0.2) is 0 Å². The fourth-order valence-corrected chi connectivity index (χ4v) is 2.44. The summed E-state index contributed by atoms with van der Waals surface area (Å²) in [5, 5.41) is 0. The molecule has 0 atom stereocenters. The molecule has 0 spiro atoms. The zero-order valence-corrected chi connectivity index (χ0v) is 9.48. The van der Waals surface area contributed by atoms with Crippen molar-refractivity contribution in [3.05, 3.63) is 30.1 Å². The number of pyridine rings is 1. The largest absolute Gasteiger partial charge is 0.325 e. The van der Waals surface area contributed by atoms with Crippen molar-refractivity contribution in [1.82, 2.24) is 4.98 Å². The molecule has 1 aliphatic carbocycles. The third-order valence-corrected chi connectivity index (χ3v) is 3.27. The van der Waals surface area contributed by atoms with Gasteiger partial charge >= 0.3 is 0 Å². The molecule has 0 unspecified atom stereocenters. The van der Waals surface area contributed by atoms with Crippen molar-refractivity contribution in [2.24, 2.45) is 5.73 Å². The third-order valence-electron chi connectivity index (χ3n) is 3.27. The Morgan fingerprint density at radius 3 is 2.81 bits per heavy atom. The van der Waals surface area contributed by atoms with E-state index in [1.165, 1.54) is 0 Å². The van der Waals surface area contributed by atoms with Gasteiger partial charge in [0.2, 0.25) is 0 Å². The molecule has 0 radical (unpaired) electrons. The van der Waals surface area contributed by atoms with Gasteiger partial charge in [0.1, 0.15) is 5.78 Å². The number of hydrogen-bond acceptors (Lipinski definition) is 3. The molecule has 1 heterocycles. The number of nitrogens with zero attached hydrogens (tertiary/aromatic N) is 1. The standard InChI is InChI=1S/C13H18N2O/c14-13(5-1-2-6-13)9-12(16)8-11-4-3-7-15-10-11/h3-4,7,10H,1-2,5-6,8-9,14H2. The van der Waals surface area contributed by atoms with Gasteiger partial charge in [-0.1, -0.05) is 18.9 Å². The van der Waals surface area contributed by atoms with E-state index in [-0.39, 0.29) is 11.3 Å². The van der Waals surface area contributed by atoms with Crippen LogP contribution < -0.4 is 5.73 Å². The highest BCUT2D eigenvalue weighted by atomic mass is 16.1. The smallest absolute Gasteiger partial charge is 0.139 e. The lowest BCUT2D eigenvalue weighted by Crippen LogP contribution is -2.39. The van der Waals surface area contributed by atoms with E-state index in [1.807, 2.05) is 12.1 Å². The van der Waals surface area contributed by atoms with Crippen molar-refractivity contribution < 1.29 is 4.79 Å². The van der Waals surface area contributed by atoms with Crippen molar-refractivity contribution >= 4 is 5.78 Å². The molecular weight excluding hydrogens is 200 g/mol. The summed E-state index contributed by atoms with van der Waals surface area (Å²) in [6, 6.07) is 3.79. The minimum absolute atomic E-state index is 0.223. The highest BCUT2D eigenvalue weighted by molar-refractivity contribution is 5.81. The molecule has 2 N–H and O–H groups in total. The molecule has 1 fully saturated rings. The summed E-state index contributed by atoms with van der Waals surface area (Å²) in [6.07, 6.45) is 8.75. The Kier molecular flexibility index (Phi) is 3.34. The molecule has 1 saturated carbocycles. The van der Waals surface area contributed by atoms with Crippen LogP contribution in [0.15, 0.2) is 24.5 Å². The number of nitrogens with two attached hydrogens (primary N) is 1. The number of carbonyl (C=O) groups excluding carboxylic acids is 1. The van der Waals surface area contributed by atoms with E-state index in [0.717, 1.165) is 31.2 Å². The maximum Gasteiger partial charge on any atom is 0.139 e. The zero-order valence-electron chi connectivity index (χ0n) is 9.48. The van der Waals surface area contributed by atoms with Crippen LogP contribution >= 0.6 is 0 Å². The van der Waals surface area contributed by atoms with Crippen LogP contribution in [0.3, 0.4) is 0 Å². The van der Waals surface area contributed by atoms with Gasteiger partial charge in [0.05, 0.1) is 0 Å². The predicted molar refractivity (Wildman–Crippen MR) is 63.0 cm³/mol. The maximum absolute atomic E-state index is 11.9. The number of carbonyl (C=O) groups is 1. The summed E-state index contributed by atoms with van der Waals surface area (Å²) in [7, 11) is 0. The van der Waals surface area contributed by atoms with E-state index in [2.05, 4.69) is 4.98 Å². The van der Waals surface area contributed by atoms with E-state index >= 15 is 0 Å². The monoisotopic (exact) mass is 218 g/mol. The minimum Gasteiger partial charge on any atom is -0.325 e. The average Bonchev–Trinajstić information content (AvgIpc) is 2.66. The first-order valence-corrected chi connectivity index (χ1v) is 5.87. The van der Waals surface area contributed by atoms with Crippen LogP contribution in [0.25, 0.3) is 0 Å². The van der Waals surface area contributed by atoms with Crippen LogP contribution in [0.1, 0.15) is 37.7 Å². The number of hydrogen-bond donors (Lipinski definition) is 1.